The fourth-order valence-electron chi connectivity index (χ4n) is 2.39. The van der Waals surface area contributed by atoms with Gasteiger partial charge in [-0.1, -0.05) is 0 Å². The third-order valence-corrected chi connectivity index (χ3v) is 3.15. The molecule has 2 fully saturated rings. The summed E-state index contributed by atoms with van der Waals surface area (Å²) in [6, 6.07) is 0. The summed E-state index contributed by atoms with van der Waals surface area (Å²) in [5.41, 5.74) is 0. The van der Waals surface area contributed by atoms with E-state index in [4.69, 9.17) is 18.9 Å². The summed E-state index contributed by atoms with van der Waals surface area (Å²) in [5.74, 6) is -1.51. The Balaban J connectivity index is 2.02. The topological polar surface area (TPSA) is 77.4 Å². The highest BCUT2D eigenvalue weighted by atomic mass is 16.8. The van der Waals surface area contributed by atoms with Crippen LogP contribution in [0.3, 0.4) is 0 Å². The lowest BCUT2D eigenvalue weighted by Gasteiger charge is -2.26. The quantitative estimate of drug-likeness (QED) is 0.746. The van der Waals surface area contributed by atoms with E-state index in [1.807, 2.05) is 0 Å². The minimum absolute atomic E-state index is 0.206. The molecule has 6 heteroatoms. The van der Waals surface area contributed by atoms with E-state index < -0.39 is 36.0 Å². The molecule has 0 radical (unpaired) electrons. The van der Waals surface area contributed by atoms with Gasteiger partial charge < -0.3 is 29.2 Å². The summed E-state index contributed by atoms with van der Waals surface area (Å²) in [5, 5.41) is 19.6. The Morgan fingerprint density at radius 1 is 1.11 bits per heavy atom. The fraction of sp³-hybridized carbons (Fsp3) is 1.00. The number of rotatable bonds is 3. The monoisotopic (exact) mass is 262 g/mol. The lowest BCUT2D eigenvalue weighted by molar-refractivity contribution is -0.178. The van der Waals surface area contributed by atoms with Crippen LogP contribution >= 0.6 is 0 Å². The van der Waals surface area contributed by atoms with Crippen LogP contribution in [0, 0.1) is 0 Å². The van der Waals surface area contributed by atoms with Gasteiger partial charge in [0.2, 0.25) is 0 Å². The first kappa shape index (κ1) is 14.2. The van der Waals surface area contributed by atoms with Gasteiger partial charge in [0, 0.05) is 0 Å². The number of aliphatic hydroxyl groups is 2. The van der Waals surface area contributed by atoms with Gasteiger partial charge >= 0.3 is 0 Å². The molecule has 2 aliphatic heterocycles. The van der Waals surface area contributed by atoms with Crippen LogP contribution < -0.4 is 0 Å². The normalized spacial score (nSPS) is 40.0. The molecule has 2 saturated heterocycles. The van der Waals surface area contributed by atoms with Crippen LogP contribution in [-0.4, -0.2) is 59.4 Å². The lowest BCUT2D eigenvalue weighted by Crippen LogP contribution is -2.45. The van der Waals surface area contributed by atoms with Gasteiger partial charge in [-0.3, -0.25) is 0 Å². The van der Waals surface area contributed by atoms with E-state index in [9.17, 15) is 10.2 Å². The van der Waals surface area contributed by atoms with Gasteiger partial charge in [-0.05, 0) is 27.7 Å². The second-order valence-electron chi connectivity index (χ2n) is 5.68. The lowest BCUT2D eigenvalue weighted by atomic mass is 10.0. The average molecular weight is 262 g/mol. The van der Waals surface area contributed by atoms with Gasteiger partial charge in [-0.25, -0.2) is 0 Å². The second kappa shape index (κ2) is 4.70. The summed E-state index contributed by atoms with van der Waals surface area (Å²) >= 11 is 0. The molecule has 0 aromatic rings. The minimum atomic E-state index is -0.898. The molecule has 2 heterocycles. The first-order chi connectivity index (χ1) is 8.24. The van der Waals surface area contributed by atoms with Gasteiger partial charge in [0.25, 0.3) is 0 Å². The number of aliphatic hydroxyl groups excluding tert-OH is 2. The molecule has 6 nitrogen and oxygen atoms in total. The zero-order valence-electron chi connectivity index (χ0n) is 11.3. The van der Waals surface area contributed by atoms with Crippen LogP contribution in [0.2, 0.25) is 0 Å². The Bertz CT molecular complexity index is 303. The van der Waals surface area contributed by atoms with Crippen molar-refractivity contribution in [3.05, 3.63) is 0 Å². The summed E-state index contributed by atoms with van der Waals surface area (Å²) in [6.45, 7) is 7.17. The third-order valence-electron chi connectivity index (χ3n) is 3.15. The summed E-state index contributed by atoms with van der Waals surface area (Å²) in [7, 11) is 0. The smallest absolute Gasteiger partial charge is 0.164 e. The van der Waals surface area contributed by atoms with E-state index in [-0.39, 0.29) is 6.61 Å². The highest BCUT2D eigenvalue weighted by Gasteiger charge is 2.49. The number of hydrogen-bond donors (Lipinski definition) is 2. The first-order valence-corrected chi connectivity index (χ1v) is 6.20. The molecule has 4 atom stereocenters. The summed E-state index contributed by atoms with van der Waals surface area (Å²) in [4.78, 5) is 0. The van der Waals surface area contributed by atoms with Crippen molar-refractivity contribution in [1.29, 1.82) is 0 Å². The molecule has 0 aromatic heterocycles. The average Bonchev–Trinajstić information content (AvgIpc) is 2.77. The predicted octanol–water partition coefficient (Wildman–Crippen LogP) is 0.0112. The van der Waals surface area contributed by atoms with Gasteiger partial charge in [0.05, 0.1) is 13.2 Å². The fourth-order valence-corrected chi connectivity index (χ4v) is 2.39. The summed E-state index contributed by atoms with van der Waals surface area (Å²) < 4.78 is 22.1. The highest BCUT2D eigenvalue weighted by molar-refractivity contribution is 4.91. The molecule has 2 aliphatic rings. The van der Waals surface area contributed by atoms with Crippen LogP contribution in [0.25, 0.3) is 0 Å². The van der Waals surface area contributed by atoms with Crippen LogP contribution in [0.4, 0.5) is 0 Å². The van der Waals surface area contributed by atoms with Gasteiger partial charge in [0.1, 0.15) is 24.4 Å². The number of hydrogen-bond acceptors (Lipinski definition) is 6. The zero-order chi connectivity index (χ0) is 13.6. The zero-order valence-corrected chi connectivity index (χ0v) is 11.3. The van der Waals surface area contributed by atoms with E-state index in [0.717, 1.165) is 0 Å². The maximum Gasteiger partial charge on any atom is 0.164 e. The van der Waals surface area contributed by atoms with Crippen molar-refractivity contribution in [1.82, 2.24) is 0 Å². The van der Waals surface area contributed by atoms with Crippen LogP contribution in [0.5, 0.6) is 0 Å². The Kier molecular flexibility index (Phi) is 3.70. The third kappa shape index (κ3) is 2.84. The Hall–Kier alpha value is -0.240. The number of ether oxygens (including phenoxy) is 4. The standard InChI is InChI=1S/C12H22O6/c1-11(2)15-6-8(17-11)9(14)10-7(5-13)16-12(3,4)18-10/h7-10,13-14H,5-6H2,1-4H3/t7-,8+,9-,10+/m0/s1. The van der Waals surface area contributed by atoms with Crippen LogP contribution in [-0.2, 0) is 18.9 Å². The van der Waals surface area contributed by atoms with Gasteiger partial charge in [0.15, 0.2) is 11.6 Å². The van der Waals surface area contributed by atoms with Crippen molar-refractivity contribution in [2.75, 3.05) is 13.2 Å². The predicted molar refractivity (Wildman–Crippen MR) is 61.8 cm³/mol. The highest BCUT2D eigenvalue weighted by Crippen LogP contribution is 2.33. The molecule has 18 heavy (non-hydrogen) atoms. The molecule has 2 rings (SSSR count). The van der Waals surface area contributed by atoms with E-state index in [2.05, 4.69) is 0 Å². The molecule has 0 bridgehead atoms. The first-order valence-electron chi connectivity index (χ1n) is 6.20. The van der Waals surface area contributed by atoms with Crippen molar-refractivity contribution in [2.45, 2.75) is 63.7 Å². The Morgan fingerprint density at radius 3 is 2.28 bits per heavy atom. The molecular weight excluding hydrogens is 240 g/mol. The maximum absolute atomic E-state index is 10.3. The molecule has 0 unspecified atom stereocenters. The molecule has 0 amide bonds. The Labute approximate surface area is 107 Å². The maximum atomic E-state index is 10.3. The van der Waals surface area contributed by atoms with E-state index in [1.165, 1.54) is 0 Å². The van der Waals surface area contributed by atoms with Crippen molar-refractivity contribution >= 4 is 0 Å². The summed E-state index contributed by atoms with van der Waals surface area (Å²) in [6.07, 6.45) is -2.54. The molecule has 0 aromatic carbocycles. The van der Waals surface area contributed by atoms with Crippen LogP contribution in [0.15, 0.2) is 0 Å². The van der Waals surface area contributed by atoms with Crippen molar-refractivity contribution in [3.8, 4) is 0 Å². The minimum Gasteiger partial charge on any atom is -0.394 e. The van der Waals surface area contributed by atoms with Gasteiger partial charge in [-0.2, -0.15) is 0 Å². The molecule has 2 N–H and O–H groups in total. The largest absolute Gasteiger partial charge is 0.394 e. The van der Waals surface area contributed by atoms with E-state index in [1.54, 1.807) is 27.7 Å². The second-order valence-corrected chi connectivity index (χ2v) is 5.68. The molecule has 0 spiro atoms. The van der Waals surface area contributed by atoms with Crippen molar-refractivity contribution in [3.63, 3.8) is 0 Å². The Morgan fingerprint density at radius 2 is 1.78 bits per heavy atom. The van der Waals surface area contributed by atoms with Crippen molar-refractivity contribution in [2.24, 2.45) is 0 Å². The molecule has 0 saturated carbocycles. The molecule has 0 aliphatic carbocycles. The van der Waals surface area contributed by atoms with Gasteiger partial charge in [-0.15, -0.1) is 0 Å². The SMILES string of the molecule is CC1(C)O[C@@H]([C@@H](O)[C@H]2COC(C)(C)O2)[C@H](CO)O1. The molecule has 106 valence electrons. The van der Waals surface area contributed by atoms with E-state index in [0.29, 0.717) is 6.61 Å². The van der Waals surface area contributed by atoms with E-state index >= 15 is 0 Å². The molecular formula is C12H22O6. The van der Waals surface area contributed by atoms with Crippen molar-refractivity contribution < 1.29 is 29.2 Å². The van der Waals surface area contributed by atoms with Crippen LogP contribution in [0.1, 0.15) is 27.7 Å².